The second kappa shape index (κ2) is 7.91. The molecule has 31 heavy (non-hydrogen) atoms. The van der Waals surface area contributed by atoms with Crippen LogP contribution in [0, 0.1) is 0 Å². The monoisotopic (exact) mass is 416 g/mol. The van der Waals surface area contributed by atoms with Crippen molar-refractivity contribution in [2.45, 2.75) is 6.54 Å². The zero-order valence-electron chi connectivity index (χ0n) is 17.0. The van der Waals surface area contributed by atoms with Crippen LogP contribution >= 0.6 is 0 Å². The van der Waals surface area contributed by atoms with Crippen molar-refractivity contribution in [3.05, 3.63) is 103 Å². The quantitative estimate of drug-likeness (QED) is 0.512. The number of benzene rings is 2. The maximum atomic E-state index is 13.4. The second-order valence-electron chi connectivity index (χ2n) is 7.10. The minimum absolute atomic E-state index is 0.0157. The average molecular weight is 416 g/mol. The van der Waals surface area contributed by atoms with Gasteiger partial charge < -0.3 is 5.11 Å². The van der Waals surface area contributed by atoms with E-state index in [0.717, 1.165) is 10.1 Å². The summed E-state index contributed by atoms with van der Waals surface area (Å²) >= 11 is 0. The molecule has 2 aromatic carbocycles. The number of para-hydroxylation sites is 1. The van der Waals surface area contributed by atoms with E-state index in [9.17, 15) is 19.5 Å². The first-order valence-corrected chi connectivity index (χ1v) is 9.58. The lowest BCUT2D eigenvalue weighted by Crippen LogP contribution is -2.40. The lowest BCUT2D eigenvalue weighted by Gasteiger charge is -2.16. The molecule has 2 aromatic heterocycles. The van der Waals surface area contributed by atoms with Gasteiger partial charge in [0.15, 0.2) is 0 Å². The maximum absolute atomic E-state index is 13.4. The van der Waals surface area contributed by atoms with E-state index >= 15 is 0 Å². The Morgan fingerprint density at radius 2 is 1.48 bits per heavy atom. The van der Waals surface area contributed by atoms with Crippen LogP contribution in [0.2, 0.25) is 0 Å². The Morgan fingerprint density at radius 1 is 0.871 bits per heavy atom. The Kier molecular flexibility index (Phi) is 5.12. The topological polar surface area (TPSA) is 98.6 Å². The zero-order valence-corrected chi connectivity index (χ0v) is 17.0. The van der Waals surface area contributed by atoms with E-state index in [4.69, 9.17) is 0 Å². The number of hydrogen-bond acceptors (Lipinski definition) is 5. The molecule has 0 bridgehead atoms. The van der Waals surface area contributed by atoms with E-state index in [0.29, 0.717) is 12.2 Å². The van der Waals surface area contributed by atoms with Crippen molar-refractivity contribution < 1.29 is 5.11 Å². The van der Waals surface area contributed by atoms with Gasteiger partial charge >= 0.3 is 5.69 Å². The zero-order chi connectivity index (χ0) is 22.1. The first-order valence-electron chi connectivity index (χ1n) is 9.58. The lowest BCUT2D eigenvalue weighted by atomic mass is 10.1. The molecule has 0 unspecified atom stereocenters. The molecule has 8 heteroatoms. The Hall–Kier alpha value is -4.20. The molecule has 0 fully saturated rings. The van der Waals surface area contributed by atoms with Crippen molar-refractivity contribution in [3.8, 4) is 11.4 Å². The van der Waals surface area contributed by atoms with Gasteiger partial charge in [0.1, 0.15) is 22.3 Å². The fourth-order valence-corrected chi connectivity index (χ4v) is 3.51. The predicted molar refractivity (Wildman–Crippen MR) is 119 cm³/mol. The first kappa shape index (κ1) is 20.1. The van der Waals surface area contributed by atoms with Crippen molar-refractivity contribution in [2.24, 2.45) is 19.1 Å². The van der Waals surface area contributed by atoms with Crippen LogP contribution in [-0.4, -0.2) is 25.0 Å². The van der Waals surface area contributed by atoms with Gasteiger partial charge in [0.2, 0.25) is 0 Å². The second-order valence-corrected chi connectivity index (χ2v) is 7.10. The van der Waals surface area contributed by atoms with E-state index in [1.807, 2.05) is 30.3 Å². The summed E-state index contributed by atoms with van der Waals surface area (Å²) in [6, 6.07) is 18.1. The van der Waals surface area contributed by atoms with Crippen LogP contribution in [0.25, 0.3) is 16.7 Å². The Balaban J connectivity index is 2.06. The van der Waals surface area contributed by atoms with Gasteiger partial charge in [-0.25, -0.2) is 4.79 Å². The van der Waals surface area contributed by atoms with Crippen molar-refractivity contribution in [3.63, 3.8) is 0 Å². The number of aromatic hydroxyl groups is 1. The van der Waals surface area contributed by atoms with Crippen LogP contribution in [-0.2, 0) is 20.6 Å². The van der Waals surface area contributed by atoms with Crippen LogP contribution in [0.3, 0.4) is 0 Å². The van der Waals surface area contributed by atoms with Crippen LogP contribution in [0.4, 0.5) is 0 Å². The minimum Gasteiger partial charge on any atom is -0.506 e. The highest BCUT2D eigenvalue weighted by molar-refractivity contribution is 5.94. The molecule has 0 aliphatic rings. The highest BCUT2D eigenvalue weighted by Gasteiger charge is 2.22. The van der Waals surface area contributed by atoms with Crippen LogP contribution in [0.15, 0.2) is 80.0 Å². The van der Waals surface area contributed by atoms with E-state index in [1.165, 1.54) is 29.4 Å². The minimum atomic E-state index is -0.696. The summed E-state index contributed by atoms with van der Waals surface area (Å²) in [4.78, 5) is 43.1. The molecule has 0 spiro atoms. The average Bonchev–Trinajstić information content (AvgIpc) is 2.79. The normalized spacial score (nSPS) is 11.4. The molecule has 0 atom stereocenters. The molecule has 0 aliphatic carbocycles. The van der Waals surface area contributed by atoms with Gasteiger partial charge in [0.05, 0.1) is 12.2 Å². The van der Waals surface area contributed by atoms with E-state index < -0.39 is 22.6 Å². The van der Waals surface area contributed by atoms with Crippen molar-refractivity contribution in [2.75, 3.05) is 0 Å². The number of pyridine rings is 1. The molecule has 8 nitrogen and oxygen atoms in total. The molecule has 0 radical (unpaired) electrons. The van der Waals surface area contributed by atoms with Gasteiger partial charge in [-0.05, 0) is 17.7 Å². The number of hydrogen-bond donors (Lipinski definition) is 1. The van der Waals surface area contributed by atoms with Crippen LogP contribution < -0.4 is 16.8 Å². The van der Waals surface area contributed by atoms with Crippen molar-refractivity contribution in [1.29, 1.82) is 0 Å². The molecule has 0 aliphatic heterocycles. The van der Waals surface area contributed by atoms with Gasteiger partial charge in [0.25, 0.3) is 11.1 Å². The van der Waals surface area contributed by atoms with E-state index in [-0.39, 0.29) is 16.6 Å². The summed E-state index contributed by atoms with van der Waals surface area (Å²) in [7, 11) is 2.77. The van der Waals surface area contributed by atoms with Gasteiger partial charge in [0, 0.05) is 20.3 Å². The number of aliphatic imine (C=N–C) groups is 1. The van der Waals surface area contributed by atoms with Gasteiger partial charge in [-0.1, -0.05) is 48.5 Å². The summed E-state index contributed by atoms with van der Waals surface area (Å²) in [6.07, 6.45) is 1.27. The number of rotatable bonds is 4. The third kappa shape index (κ3) is 3.38. The fraction of sp³-hybridized carbons (Fsp3) is 0.130. The molecule has 156 valence electrons. The standard InChI is InChI=1S/C23H20N4O4/c1-25-20-18(22(30)26(2)23(25)31)19(28)17(14-24-13-15-9-5-3-6-10-15)21(29)27(20)16-11-7-4-8-12-16/h3-12,14,28H,13H2,1-2H3. The third-order valence-corrected chi connectivity index (χ3v) is 5.12. The molecule has 0 saturated carbocycles. The third-order valence-electron chi connectivity index (χ3n) is 5.12. The lowest BCUT2D eigenvalue weighted by molar-refractivity contribution is 0.477. The molecular formula is C23H20N4O4. The van der Waals surface area contributed by atoms with Crippen molar-refractivity contribution in [1.82, 2.24) is 13.7 Å². The van der Waals surface area contributed by atoms with Crippen molar-refractivity contribution >= 4 is 17.2 Å². The molecule has 4 rings (SSSR count). The molecule has 0 saturated heterocycles. The molecule has 1 N–H and O–H groups in total. The Morgan fingerprint density at radius 3 is 2.13 bits per heavy atom. The summed E-state index contributed by atoms with van der Waals surface area (Å²) in [5, 5.41) is 10.8. The predicted octanol–water partition coefficient (Wildman–Crippen LogP) is 1.71. The summed E-state index contributed by atoms with van der Waals surface area (Å²) in [6.45, 7) is 0.300. The van der Waals surface area contributed by atoms with Gasteiger partial charge in [-0.3, -0.25) is 28.3 Å². The highest BCUT2D eigenvalue weighted by Crippen LogP contribution is 2.23. The van der Waals surface area contributed by atoms with Crippen LogP contribution in [0.5, 0.6) is 5.75 Å². The number of fused-ring (bicyclic) bond motifs is 1. The molecule has 0 amide bonds. The fourth-order valence-electron chi connectivity index (χ4n) is 3.51. The van der Waals surface area contributed by atoms with Gasteiger partial charge in [-0.2, -0.15) is 0 Å². The highest BCUT2D eigenvalue weighted by atomic mass is 16.3. The van der Waals surface area contributed by atoms with E-state index in [1.54, 1.807) is 30.3 Å². The first-order chi connectivity index (χ1) is 14.9. The van der Waals surface area contributed by atoms with Gasteiger partial charge in [-0.15, -0.1) is 0 Å². The summed E-state index contributed by atoms with van der Waals surface area (Å²) < 4.78 is 3.32. The number of aryl methyl sites for hydroxylation is 1. The van der Waals surface area contributed by atoms with Crippen LogP contribution in [0.1, 0.15) is 11.1 Å². The largest absolute Gasteiger partial charge is 0.506 e. The Labute approximate surface area is 176 Å². The smallest absolute Gasteiger partial charge is 0.332 e. The maximum Gasteiger partial charge on any atom is 0.332 e. The molecule has 2 heterocycles. The molecule has 4 aromatic rings. The number of nitrogens with zero attached hydrogens (tertiary/aromatic N) is 4. The Bertz CT molecular complexity index is 1480. The SMILES string of the molecule is Cn1c(=O)c2c(O)c(C=NCc3ccccc3)c(=O)n(-c3ccccc3)c2n(C)c1=O. The van der Waals surface area contributed by atoms with E-state index in [2.05, 4.69) is 4.99 Å². The molecular weight excluding hydrogens is 396 g/mol. The summed E-state index contributed by atoms with van der Waals surface area (Å²) in [5.74, 6) is -0.500. The number of aromatic nitrogens is 3. The summed E-state index contributed by atoms with van der Waals surface area (Å²) in [5.41, 5.74) is -0.607.